The number of halogens is 1. The summed E-state index contributed by atoms with van der Waals surface area (Å²) in [6, 6.07) is 4.45. The molecule has 0 aliphatic rings. The molecule has 0 heterocycles. The van der Waals surface area contributed by atoms with Gasteiger partial charge in [0.1, 0.15) is 5.69 Å². The van der Waals surface area contributed by atoms with Crippen LogP contribution in [0.25, 0.3) is 0 Å². The number of nitrogens with zero attached hydrogens (tertiary/aromatic N) is 1. The second-order valence-corrected chi connectivity index (χ2v) is 5.93. The lowest BCUT2D eigenvalue weighted by atomic mass is 9.84. The van der Waals surface area contributed by atoms with Gasteiger partial charge in [-0.05, 0) is 24.0 Å². The monoisotopic (exact) mass is 286 g/mol. The van der Waals surface area contributed by atoms with Crippen molar-refractivity contribution in [3.05, 3.63) is 33.3 Å². The van der Waals surface area contributed by atoms with Crippen molar-refractivity contribution in [2.45, 2.75) is 33.2 Å². The number of nitrogens with one attached hydrogen (secondary N) is 1. The molecule has 2 N–H and O–H groups in total. The third-order valence-corrected chi connectivity index (χ3v) is 3.18. The average molecular weight is 287 g/mol. The average Bonchev–Trinajstić information content (AvgIpc) is 2.29. The molecule has 0 fully saturated rings. The molecule has 0 aliphatic carbocycles. The molecule has 5 nitrogen and oxygen atoms in total. The van der Waals surface area contributed by atoms with Crippen LogP contribution in [0.4, 0.5) is 11.4 Å². The molecule has 1 aromatic carbocycles. The normalized spacial score (nSPS) is 13.1. The second kappa shape index (κ2) is 6.21. The summed E-state index contributed by atoms with van der Waals surface area (Å²) in [6.45, 7) is 6.07. The van der Waals surface area contributed by atoms with Gasteiger partial charge in [0.05, 0.1) is 4.92 Å². The van der Waals surface area contributed by atoms with E-state index in [0.29, 0.717) is 17.1 Å². The first-order valence-electron chi connectivity index (χ1n) is 6.07. The van der Waals surface area contributed by atoms with Crippen LogP contribution < -0.4 is 5.32 Å². The molecule has 0 aliphatic heterocycles. The van der Waals surface area contributed by atoms with Gasteiger partial charge in [0.25, 0.3) is 5.69 Å². The molecule has 1 atom stereocenters. The van der Waals surface area contributed by atoms with Crippen LogP contribution >= 0.6 is 11.6 Å². The Morgan fingerprint density at radius 2 is 2.11 bits per heavy atom. The fourth-order valence-corrected chi connectivity index (χ4v) is 1.98. The van der Waals surface area contributed by atoms with E-state index in [1.807, 2.05) is 20.8 Å². The van der Waals surface area contributed by atoms with Gasteiger partial charge >= 0.3 is 0 Å². The molecule has 106 valence electrons. The van der Waals surface area contributed by atoms with Gasteiger partial charge < -0.3 is 10.4 Å². The van der Waals surface area contributed by atoms with Crippen LogP contribution in [0.2, 0.25) is 5.02 Å². The van der Waals surface area contributed by atoms with Crippen LogP contribution in [0, 0.1) is 15.5 Å². The van der Waals surface area contributed by atoms with Crippen molar-refractivity contribution in [3.8, 4) is 0 Å². The highest BCUT2D eigenvalue weighted by Gasteiger charge is 2.26. The number of anilines is 1. The Morgan fingerprint density at radius 1 is 1.47 bits per heavy atom. The first-order chi connectivity index (χ1) is 8.75. The van der Waals surface area contributed by atoms with Crippen LogP contribution in [0.5, 0.6) is 0 Å². The maximum Gasteiger partial charge on any atom is 0.293 e. The molecule has 1 aromatic rings. The summed E-state index contributed by atoms with van der Waals surface area (Å²) in [6.07, 6.45) is 0.517. The van der Waals surface area contributed by atoms with Crippen molar-refractivity contribution in [2.24, 2.45) is 5.41 Å². The van der Waals surface area contributed by atoms with Gasteiger partial charge in [-0.15, -0.1) is 0 Å². The van der Waals surface area contributed by atoms with E-state index in [0.717, 1.165) is 0 Å². The number of nitro groups is 1. The van der Waals surface area contributed by atoms with Crippen molar-refractivity contribution in [2.75, 3.05) is 11.9 Å². The minimum atomic E-state index is -0.465. The molecule has 1 unspecified atom stereocenters. The number of nitro benzene ring substituents is 1. The number of hydrogen-bond acceptors (Lipinski definition) is 4. The van der Waals surface area contributed by atoms with E-state index in [2.05, 4.69) is 5.32 Å². The topological polar surface area (TPSA) is 75.4 Å². The Kier molecular flexibility index (Phi) is 5.14. The molecule has 0 saturated heterocycles. The summed E-state index contributed by atoms with van der Waals surface area (Å²) >= 11 is 5.78. The van der Waals surface area contributed by atoms with Crippen molar-refractivity contribution >= 4 is 23.0 Å². The smallest absolute Gasteiger partial charge is 0.293 e. The third-order valence-electron chi connectivity index (χ3n) is 2.95. The first kappa shape index (κ1) is 15.7. The standard InChI is InChI=1S/C13H19ClN2O3/c1-13(2,3)12(6-7-17)15-10-5-4-9(14)8-11(10)16(18)19/h4-5,8,12,15,17H,6-7H2,1-3H3. The van der Waals surface area contributed by atoms with Crippen LogP contribution in [0.15, 0.2) is 18.2 Å². The van der Waals surface area contributed by atoms with Crippen LogP contribution in [0.3, 0.4) is 0 Å². The van der Waals surface area contributed by atoms with Crippen molar-refractivity contribution in [1.29, 1.82) is 0 Å². The van der Waals surface area contributed by atoms with Gasteiger partial charge in [-0.1, -0.05) is 32.4 Å². The third kappa shape index (κ3) is 4.36. The van der Waals surface area contributed by atoms with E-state index in [1.165, 1.54) is 6.07 Å². The minimum Gasteiger partial charge on any atom is -0.396 e. The Labute approximate surface area is 117 Å². The largest absolute Gasteiger partial charge is 0.396 e. The molecule has 6 heteroatoms. The van der Waals surface area contributed by atoms with E-state index >= 15 is 0 Å². The molecule has 0 bridgehead atoms. The first-order valence-corrected chi connectivity index (χ1v) is 6.45. The van der Waals surface area contributed by atoms with E-state index in [1.54, 1.807) is 12.1 Å². The molecule has 0 radical (unpaired) electrons. The van der Waals surface area contributed by atoms with Crippen molar-refractivity contribution < 1.29 is 10.0 Å². The maximum absolute atomic E-state index is 11.0. The van der Waals surface area contributed by atoms with Gasteiger partial charge in [0, 0.05) is 23.7 Å². The highest BCUT2D eigenvalue weighted by Crippen LogP contribution is 2.32. The van der Waals surface area contributed by atoms with E-state index in [9.17, 15) is 10.1 Å². The van der Waals surface area contributed by atoms with E-state index in [4.69, 9.17) is 16.7 Å². The molecule has 0 saturated carbocycles. The number of benzene rings is 1. The lowest BCUT2D eigenvalue weighted by molar-refractivity contribution is -0.384. The summed E-state index contributed by atoms with van der Waals surface area (Å²) in [4.78, 5) is 10.6. The molecule has 1 rings (SSSR count). The number of aliphatic hydroxyl groups excluding tert-OH is 1. The molecular formula is C13H19ClN2O3. The van der Waals surface area contributed by atoms with Crippen molar-refractivity contribution in [1.82, 2.24) is 0 Å². The Morgan fingerprint density at radius 3 is 2.58 bits per heavy atom. The highest BCUT2D eigenvalue weighted by atomic mass is 35.5. The van der Waals surface area contributed by atoms with Gasteiger partial charge in [0.15, 0.2) is 0 Å². The minimum absolute atomic E-state index is 0.0241. The fourth-order valence-electron chi connectivity index (χ4n) is 1.82. The number of rotatable bonds is 5. The zero-order valence-electron chi connectivity index (χ0n) is 11.3. The number of aliphatic hydroxyl groups is 1. The zero-order chi connectivity index (χ0) is 14.6. The van der Waals surface area contributed by atoms with Crippen molar-refractivity contribution in [3.63, 3.8) is 0 Å². The molecule has 0 aromatic heterocycles. The molecule has 0 spiro atoms. The van der Waals surface area contributed by atoms with Gasteiger partial charge in [-0.25, -0.2) is 0 Å². The van der Waals surface area contributed by atoms with Crippen LogP contribution in [0.1, 0.15) is 27.2 Å². The molecule has 19 heavy (non-hydrogen) atoms. The summed E-state index contributed by atoms with van der Waals surface area (Å²) in [5.41, 5.74) is 0.235. The zero-order valence-corrected chi connectivity index (χ0v) is 12.1. The van der Waals surface area contributed by atoms with Gasteiger partial charge in [0.2, 0.25) is 0 Å². The molecular weight excluding hydrogens is 268 g/mol. The van der Waals surface area contributed by atoms with Gasteiger partial charge in [-0.3, -0.25) is 10.1 Å². The fraction of sp³-hybridized carbons (Fsp3) is 0.538. The summed E-state index contributed by atoms with van der Waals surface area (Å²) < 4.78 is 0. The quantitative estimate of drug-likeness (QED) is 0.642. The van der Waals surface area contributed by atoms with Gasteiger partial charge in [-0.2, -0.15) is 0 Å². The van der Waals surface area contributed by atoms with Crippen LogP contribution in [-0.4, -0.2) is 22.7 Å². The lowest BCUT2D eigenvalue weighted by Crippen LogP contribution is -2.35. The Hall–Kier alpha value is -1.33. The summed E-state index contributed by atoms with van der Waals surface area (Å²) in [7, 11) is 0. The molecule has 0 amide bonds. The summed E-state index contributed by atoms with van der Waals surface area (Å²) in [5, 5.41) is 23.6. The summed E-state index contributed by atoms with van der Waals surface area (Å²) in [5.74, 6) is 0. The SMILES string of the molecule is CC(C)(C)C(CCO)Nc1ccc(Cl)cc1[N+](=O)[O-]. The number of hydrogen-bond donors (Lipinski definition) is 2. The lowest BCUT2D eigenvalue weighted by Gasteiger charge is -2.31. The Balaban J connectivity index is 3.06. The predicted octanol–water partition coefficient (Wildman–Crippen LogP) is 3.46. The maximum atomic E-state index is 11.0. The van der Waals surface area contributed by atoms with E-state index < -0.39 is 4.92 Å². The van der Waals surface area contributed by atoms with Crippen LogP contribution in [-0.2, 0) is 0 Å². The predicted molar refractivity (Wildman–Crippen MR) is 76.7 cm³/mol. The second-order valence-electron chi connectivity index (χ2n) is 5.49. The highest BCUT2D eigenvalue weighted by molar-refractivity contribution is 6.30. The Bertz CT molecular complexity index is 458. The van der Waals surface area contributed by atoms with E-state index in [-0.39, 0.29) is 23.8 Å².